The highest BCUT2D eigenvalue weighted by atomic mass is 16.5. The van der Waals surface area contributed by atoms with E-state index in [0.29, 0.717) is 25.5 Å². The number of benzene rings is 2. The first kappa shape index (κ1) is 19.8. The number of carbonyl (C=O) groups is 1. The fourth-order valence-corrected chi connectivity index (χ4v) is 3.40. The van der Waals surface area contributed by atoms with Gasteiger partial charge in [0.25, 0.3) is 5.91 Å². The van der Waals surface area contributed by atoms with Crippen molar-refractivity contribution < 1.29 is 14.3 Å². The Bertz CT molecular complexity index is 1010. The van der Waals surface area contributed by atoms with Crippen LogP contribution in [-0.2, 0) is 29.0 Å². The summed E-state index contributed by atoms with van der Waals surface area (Å²) in [4.78, 5) is 19.1. The molecule has 0 saturated carbocycles. The van der Waals surface area contributed by atoms with Crippen LogP contribution in [0.5, 0.6) is 5.75 Å². The average Bonchev–Trinajstić information content (AvgIpc) is 3.24. The predicted molar refractivity (Wildman–Crippen MR) is 115 cm³/mol. The van der Waals surface area contributed by atoms with Gasteiger partial charge in [-0.25, -0.2) is 4.98 Å². The van der Waals surface area contributed by atoms with Gasteiger partial charge in [-0.05, 0) is 29.7 Å². The number of amides is 1. The Labute approximate surface area is 176 Å². The van der Waals surface area contributed by atoms with Crippen molar-refractivity contribution in [1.82, 2.24) is 14.5 Å². The molecule has 1 fully saturated rings. The molecule has 2 heterocycles. The maximum absolute atomic E-state index is 12.8. The Morgan fingerprint density at radius 2 is 1.90 bits per heavy atom. The number of hydrogen-bond donors (Lipinski definition) is 0. The topological polar surface area (TPSA) is 56.6 Å². The fourth-order valence-electron chi connectivity index (χ4n) is 3.40. The molecule has 30 heavy (non-hydrogen) atoms. The lowest BCUT2D eigenvalue weighted by atomic mass is 10.1. The number of carbonyl (C=O) groups excluding carboxylic acids is 1. The van der Waals surface area contributed by atoms with E-state index in [-0.39, 0.29) is 5.91 Å². The van der Waals surface area contributed by atoms with Crippen molar-refractivity contribution in [2.24, 2.45) is 0 Å². The minimum absolute atomic E-state index is 0.115. The van der Waals surface area contributed by atoms with E-state index < -0.39 is 0 Å². The second-order valence-electron chi connectivity index (χ2n) is 7.20. The Morgan fingerprint density at radius 3 is 2.67 bits per heavy atom. The number of aryl methyl sites for hydroxylation is 2. The molecule has 1 aromatic heterocycles. The summed E-state index contributed by atoms with van der Waals surface area (Å²) in [5.41, 5.74) is 3.05. The zero-order chi connectivity index (χ0) is 20.8. The van der Waals surface area contributed by atoms with Gasteiger partial charge in [0.1, 0.15) is 12.4 Å². The molecule has 6 heteroatoms. The first-order valence-corrected chi connectivity index (χ1v) is 10.0. The lowest BCUT2D eigenvalue weighted by molar-refractivity contribution is -0.136. The number of aromatic nitrogens is 2. The maximum Gasteiger partial charge on any atom is 0.289 e. The molecule has 0 bridgehead atoms. The molecule has 0 unspecified atom stereocenters. The SMILES string of the molecule is COc1ccc(CN2CCOC(=Cc3cn(CCc4ccccc4)cn3)C2=O)cc1. The van der Waals surface area contributed by atoms with E-state index in [1.54, 1.807) is 24.4 Å². The van der Waals surface area contributed by atoms with Crippen LogP contribution in [0, 0.1) is 0 Å². The molecule has 0 N–H and O–H groups in total. The summed E-state index contributed by atoms with van der Waals surface area (Å²) in [5.74, 6) is 1.02. The van der Waals surface area contributed by atoms with Gasteiger partial charge in [-0.1, -0.05) is 42.5 Å². The van der Waals surface area contributed by atoms with Gasteiger partial charge in [0, 0.05) is 25.4 Å². The first-order valence-electron chi connectivity index (χ1n) is 10.0. The highest BCUT2D eigenvalue weighted by molar-refractivity contribution is 5.96. The Morgan fingerprint density at radius 1 is 1.10 bits per heavy atom. The van der Waals surface area contributed by atoms with Crippen molar-refractivity contribution >= 4 is 12.0 Å². The molecule has 0 radical (unpaired) electrons. The summed E-state index contributed by atoms with van der Waals surface area (Å²) in [6, 6.07) is 18.1. The second-order valence-corrected chi connectivity index (χ2v) is 7.20. The van der Waals surface area contributed by atoms with Crippen molar-refractivity contribution in [3.05, 3.63) is 89.7 Å². The molecule has 3 aromatic rings. The molecule has 4 rings (SSSR count). The van der Waals surface area contributed by atoms with Gasteiger partial charge in [0.2, 0.25) is 0 Å². The van der Waals surface area contributed by atoms with E-state index in [9.17, 15) is 4.79 Å². The van der Waals surface area contributed by atoms with Crippen LogP contribution in [0.4, 0.5) is 0 Å². The minimum atomic E-state index is -0.115. The van der Waals surface area contributed by atoms with Gasteiger partial charge in [-0.15, -0.1) is 0 Å². The summed E-state index contributed by atoms with van der Waals surface area (Å²) in [6.07, 6.45) is 6.38. The largest absolute Gasteiger partial charge is 0.497 e. The van der Waals surface area contributed by atoms with E-state index in [1.807, 2.05) is 53.2 Å². The Hall–Kier alpha value is -3.54. The molecule has 0 spiro atoms. The van der Waals surface area contributed by atoms with Crippen LogP contribution < -0.4 is 4.74 Å². The van der Waals surface area contributed by atoms with Crippen LogP contribution in [0.3, 0.4) is 0 Å². The standard InChI is InChI=1S/C24H25N3O3/c1-29-22-9-7-20(8-10-22)16-27-13-14-30-23(24(27)28)15-21-17-26(18-25-21)12-11-19-5-3-2-4-6-19/h2-10,15,17-18H,11-14,16H2,1H3. The Balaban J connectivity index is 1.39. The van der Waals surface area contributed by atoms with E-state index >= 15 is 0 Å². The highest BCUT2D eigenvalue weighted by Gasteiger charge is 2.25. The molecule has 1 aliphatic heterocycles. The third-order valence-corrected chi connectivity index (χ3v) is 5.08. The van der Waals surface area contributed by atoms with Crippen LogP contribution in [-0.4, -0.2) is 40.6 Å². The quantitative estimate of drug-likeness (QED) is 0.567. The van der Waals surface area contributed by atoms with Crippen molar-refractivity contribution in [1.29, 1.82) is 0 Å². The smallest absolute Gasteiger partial charge is 0.289 e. The van der Waals surface area contributed by atoms with Crippen LogP contribution in [0.2, 0.25) is 0 Å². The molecule has 154 valence electrons. The maximum atomic E-state index is 12.8. The number of hydrogen-bond acceptors (Lipinski definition) is 4. The molecule has 0 aliphatic carbocycles. The van der Waals surface area contributed by atoms with Crippen LogP contribution in [0.15, 0.2) is 72.9 Å². The van der Waals surface area contributed by atoms with Crippen molar-refractivity contribution in [2.75, 3.05) is 20.3 Å². The molecule has 1 saturated heterocycles. The van der Waals surface area contributed by atoms with Crippen LogP contribution >= 0.6 is 0 Å². The number of morpholine rings is 1. The predicted octanol–water partition coefficient (Wildman–Crippen LogP) is 3.53. The summed E-state index contributed by atoms with van der Waals surface area (Å²) in [6.45, 7) is 2.41. The fraction of sp³-hybridized carbons (Fsp3) is 0.250. The lowest BCUT2D eigenvalue weighted by Crippen LogP contribution is -2.39. The van der Waals surface area contributed by atoms with Crippen molar-refractivity contribution in [2.45, 2.75) is 19.5 Å². The zero-order valence-electron chi connectivity index (χ0n) is 17.0. The van der Waals surface area contributed by atoms with Crippen molar-refractivity contribution in [3.8, 4) is 5.75 Å². The second kappa shape index (κ2) is 9.31. The summed E-state index contributed by atoms with van der Waals surface area (Å²) in [5, 5.41) is 0. The molecule has 1 amide bonds. The number of nitrogens with zero attached hydrogens (tertiary/aromatic N) is 3. The summed E-state index contributed by atoms with van der Waals surface area (Å²) in [7, 11) is 1.64. The lowest BCUT2D eigenvalue weighted by Gasteiger charge is -2.28. The number of ether oxygens (including phenoxy) is 2. The summed E-state index contributed by atoms with van der Waals surface area (Å²) < 4.78 is 12.9. The molecule has 2 aromatic carbocycles. The minimum Gasteiger partial charge on any atom is -0.497 e. The van der Waals surface area contributed by atoms with E-state index in [2.05, 4.69) is 17.1 Å². The van der Waals surface area contributed by atoms with Crippen molar-refractivity contribution in [3.63, 3.8) is 0 Å². The third kappa shape index (κ3) is 4.89. The average molecular weight is 403 g/mol. The van der Waals surface area contributed by atoms with E-state index in [4.69, 9.17) is 9.47 Å². The third-order valence-electron chi connectivity index (χ3n) is 5.08. The monoisotopic (exact) mass is 403 g/mol. The Kier molecular flexibility index (Phi) is 6.13. The molecular formula is C24H25N3O3. The van der Waals surface area contributed by atoms with Gasteiger partial charge < -0.3 is 18.9 Å². The molecule has 0 atom stereocenters. The summed E-state index contributed by atoms with van der Waals surface area (Å²) >= 11 is 0. The number of methoxy groups -OCH3 is 1. The normalized spacial score (nSPS) is 15.3. The number of rotatable bonds is 7. The van der Waals surface area contributed by atoms with Gasteiger partial charge in [0.05, 0.1) is 25.7 Å². The highest BCUT2D eigenvalue weighted by Crippen LogP contribution is 2.18. The van der Waals surface area contributed by atoms with E-state index in [0.717, 1.165) is 30.0 Å². The van der Waals surface area contributed by atoms with Gasteiger partial charge >= 0.3 is 0 Å². The van der Waals surface area contributed by atoms with Crippen LogP contribution in [0.25, 0.3) is 6.08 Å². The van der Waals surface area contributed by atoms with E-state index in [1.165, 1.54) is 5.56 Å². The van der Waals surface area contributed by atoms with Gasteiger partial charge in [-0.2, -0.15) is 0 Å². The molecule has 6 nitrogen and oxygen atoms in total. The van der Waals surface area contributed by atoms with Crippen LogP contribution in [0.1, 0.15) is 16.8 Å². The van der Waals surface area contributed by atoms with Gasteiger partial charge in [0.15, 0.2) is 5.76 Å². The first-order chi connectivity index (χ1) is 14.7. The molecular weight excluding hydrogens is 378 g/mol. The van der Waals surface area contributed by atoms with Gasteiger partial charge in [-0.3, -0.25) is 4.79 Å². The number of imidazole rings is 1. The molecule has 1 aliphatic rings. The zero-order valence-corrected chi connectivity index (χ0v) is 17.0.